The number of carbonyl (C=O) groups excluding carboxylic acids is 2. The third kappa shape index (κ3) is 6.40. The van der Waals surface area contributed by atoms with E-state index in [1.807, 2.05) is 75.3 Å². The molecule has 228 valence electrons. The predicted octanol–water partition coefficient (Wildman–Crippen LogP) is 5.83. The number of rotatable bonds is 8. The SMILES string of the molecule is C=Cc1c(C)c2cc3[nH]c(cc4nc(cc5nc(cc1[nH]2)C(C)=C5CCC(=O)[O-])C(CCC(=O)[O-])=C4C)c(C)c3C=C.[Cl][Rh+2]. The van der Waals surface area contributed by atoms with Gasteiger partial charge in [-0.05, 0) is 111 Å². The maximum atomic E-state index is 11.4. The number of nitrogens with one attached hydrogen (secondary N) is 2. The van der Waals surface area contributed by atoms with Crippen molar-refractivity contribution < 1.29 is 37.1 Å². The molecule has 3 aromatic heterocycles. The van der Waals surface area contributed by atoms with E-state index in [4.69, 9.17) is 9.97 Å². The quantitative estimate of drug-likeness (QED) is 0.284. The molecule has 2 aliphatic heterocycles. The molecular formula is C34H32ClN4O4Rh. The van der Waals surface area contributed by atoms with E-state index in [1.54, 1.807) is 6.08 Å². The van der Waals surface area contributed by atoms with Gasteiger partial charge in [0.05, 0.1) is 22.8 Å². The van der Waals surface area contributed by atoms with Gasteiger partial charge >= 0.3 is 27.0 Å². The summed E-state index contributed by atoms with van der Waals surface area (Å²) in [4.78, 5) is 39.7. The Hall–Kier alpha value is -4.07. The average molecular weight is 699 g/mol. The van der Waals surface area contributed by atoms with Gasteiger partial charge in [-0.3, -0.25) is 0 Å². The van der Waals surface area contributed by atoms with Crippen LogP contribution < -0.4 is 10.2 Å². The van der Waals surface area contributed by atoms with Crippen LogP contribution in [-0.2, 0) is 26.9 Å². The second kappa shape index (κ2) is 13.7. The molecule has 2 N–H and O–H groups in total. The van der Waals surface area contributed by atoms with Crippen molar-refractivity contribution in [3.05, 3.63) is 82.5 Å². The summed E-state index contributed by atoms with van der Waals surface area (Å²) >= 11 is 2.02. The van der Waals surface area contributed by atoms with E-state index in [2.05, 4.69) is 32.8 Å². The van der Waals surface area contributed by atoms with Crippen LogP contribution in [0.15, 0.2) is 37.4 Å². The van der Waals surface area contributed by atoms with Crippen molar-refractivity contribution in [3.63, 3.8) is 0 Å². The van der Waals surface area contributed by atoms with Crippen molar-refractivity contribution in [2.75, 3.05) is 0 Å². The van der Waals surface area contributed by atoms with Gasteiger partial charge in [0.25, 0.3) is 0 Å². The Bertz CT molecular complexity index is 1930. The van der Waals surface area contributed by atoms with Gasteiger partial charge in [-0.15, -0.1) is 0 Å². The van der Waals surface area contributed by atoms with Crippen LogP contribution in [-0.4, -0.2) is 31.9 Å². The first-order chi connectivity index (χ1) is 21.0. The molecule has 0 aliphatic carbocycles. The predicted molar refractivity (Wildman–Crippen MR) is 170 cm³/mol. The summed E-state index contributed by atoms with van der Waals surface area (Å²) in [6.07, 6.45) is 3.79. The summed E-state index contributed by atoms with van der Waals surface area (Å²) in [6, 6.07) is 7.78. The van der Waals surface area contributed by atoms with Gasteiger partial charge in [0.2, 0.25) is 0 Å². The molecule has 5 rings (SSSR count). The second-order valence-electron chi connectivity index (χ2n) is 10.7. The van der Waals surface area contributed by atoms with Crippen molar-refractivity contribution >= 4 is 78.1 Å². The molecule has 0 saturated carbocycles. The minimum absolute atomic E-state index is 0.156. The van der Waals surface area contributed by atoms with E-state index >= 15 is 0 Å². The van der Waals surface area contributed by atoms with Crippen LogP contribution in [0.2, 0.25) is 0 Å². The summed E-state index contributed by atoms with van der Waals surface area (Å²) < 4.78 is 0. The van der Waals surface area contributed by atoms with Crippen LogP contribution in [0.25, 0.3) is 56.5 Å². The molecule has 0 unspecified atom stereocenters. The first-order valence-corrected chi connectivity index (χ1v) is 16.1. The van der Waals surface area contributed by atoms with Crippen molar-refractivity contribution in [2.24, 2.45) is 0 Å². The van der Waals surface area contributed by atoms with E-state index in [9.17, 15) is 19.8 Å². The van der Waals surface area contributed by atoms with Gasteiger partial charge in [0, 0.05) is 45.1 Å². The number of aromatic amines is 2. The fraction of sp³-hybridized carbons (Fsp3) is 0.235. The molecule has 44 heavy (non-hydrogen) atoms. The molecule has 5 heterocycles. The van der Waals surface area contributed by atoms with E-state index in [1.165, 1.54) is 0 Å². The number of aromatic nitrogens is 4. The van der Waals surface area contributed by atoms with Gasteiger partial charge in [-0.2, -0.15) is 0 Å². The first-order valence-electron chi connectivity index (χ1n) is 14.0. The van der Waals surface area contributed by atoms with Gasteiger partial charge < -0.3 is 29.8 Å². The van der Waals surface area contributed by atoms with Crippen LogP contribution in [0.1, 0.15) is 84.6 Å². The van der Waals surface area contributed by atoms with E-state index < -0.39 is 11.9 Å². The Morgan fingerprint density at radius 1 is 0.705 bits per heavy atom. The maximum absolute atomic E-state index is 11.4. The Labute approximate surface area is 270 Å². The third-order valence-corrected chi connectivity index (χ3v) is 8.20. The van der Waals surface area contributed by atoms with E-state index in [-0.39, 0.29) is 25.7 Å². The fourth-order valence-electron chi connectivity index (χ4n) is 5.76. The zero-order chi connectivity index (χ0) is 32.3. The van der Waals surface area contributed by atoms with Crippen molar-refractivity contribution in [1.82, 2.24) is 19.9 Å². The molecule has 10 heteroatoms. The standard InChI is InChI=1S/C34H34N4O4.ClH.Rh/c1-7-21-17(3)25-13-26-19(5)23(9-11-33(39)40)31(37-26)16-32-24(10-12-34(41)42)20(6)28(38-32)15-30-22(8-2)18(4)27(36-30)14-29(21)35-25;;/h7-8,13-16,35-36H,1-2,9-12H2,3-6H3,(H,39,40)(H,41,42);1H;/q;;+3/p-3. The van der Waals surface area contributed by atoms with Crippen LogP contribution in [0.3, 0.4) is 0 Å². The van der Waals surface area contributed by atoms with Gasteiger partial charge in [-0.1, -0.05) is 25.3 Å². The molecule has 0 fully saturated rings. The Kier molecular flexibility index (Phi) is 10.2. The zero-order valence-corrected chi connectivity index (χ0v) is 27.3. The van der Waals surface area contributed by atoms with Crippen molar-refractivity contribution in [1.29, 1.82) is 0 Å². The normalized spacial score (nSPS) is 12.6. The molecule has 0 amide bonds. The number of carbonyl (C=O) groups is 2. The summed E-state index contributed by atoms with van der Waals surface area (Å²) in [5, 5.41) is 22.8. The number of carboxylic acids is 2. The van der Waals surface area contributed by atoms with E-state index in [0.717, 1.165) is 66.6 Å². The number of halogens is 1. The molecule has 0 saturated heterocycles. The summed E-state index contributed by atoms with van der Waals surface area (Å²) in [7, 11) is 4.53. The zero-order valence-electron chi connectivity index (χ0n) is 24.9. The van der Waals surface area contributed by atoms with Gasteiger partial charge in [0.1, 0.15) is 0 Å². The Balaban J connectivity index is 0.00000216. The van der Waals surface area contributed by atoms with E-state index in [0.29, 0.717) is 22.8 Å². The first kappa shape index (κ1) is 32.8. The van der Waals surface area contributed by atoms with Crippen molar-refractivity contribution in [3.8, 4) is 0 Å². The molecule has 2 aliphatic rings. The molecule has 0 atom stereocenters. The summed E-state index contributed by atoms with van der Waals surface area (Å²) in [5.41, 5.74) is 13.3. The molecule has 0 spiro atoms. The number of fused-ring (bicyclic) bond motifs is 8. The van der Waals surface area contributed by atoms with Gasteiger partial charge in [0.15, 0.2) is 0 Å². The Morgan fingerprint density at radius 3 is 1.50 bits per heavy atom. The number of carboxylic acid groups (broad SMARTS) is 2. The number of H-pyrrole nitrogens is 2. The molecular weight excluding hydrogens is 667 g/mol. The number of aliphatic carboxylic acids is 2. The van der Waals surface area contributed by atoms with Crippen LogP contribution in [0, 0.1) is 13.8 Å². The number of hydrogen-bond acceptors (Lipinski definition) is 6. The van der Waals surface area contributed by atoms with Gasteiger partial charge in [-0.25, -0.2) is 9.97 Å². The average Bonchev–Trinajstić information content (AvgIpc) is 3.64. The number of nitrogens with zero attached hydrogens (tertiary/aromatic N) is 2. The number of hydrogen-bond donors (Lipinski definition) is 2. The van der Waals surface area contributed by atoms with Crippen LogP contribution in [0.4, 0.5) is 0 Å². The monoisotopic (exact) mass is 698 g/mol. The topological polar surface area (TPSA) is 138 Å². The summed E-state index contributed by atoms with van der Waals surface area (Å²) in [5.74, 6) is -2.29. The fourth-order valence-corrected chi connectivity index (χ4v) is 5.76. The van der Waals surface area contributed by atoms with Crippen LogP contribution >= 0.6 is 9.69 Å². The molecule has 8 nitrogen and oxygen atoms in total. The van der Waals surface area contributed by atoms with Crippen LogP contribution in [0.5, 0.6) is 0 Å². The molecule has 3 aromatic rings. The van der Waals surface area contributed by atoms with Crippen molar-refractivity contribution in [2.45, 2.75) is 53.4 Å². The minimum atomic E-state index is -1.15. The third-order valence-electron chi connectivity index (χ3n) is 8.20. The Morgan fingerprint density at radius 2 is 1.09 bits per heavy atom. The molecule has 0 aromatic carbocycles. The molecule has 0 radical (unpaired) electrons. The molecule has 8 bridgehead atoms. The number of allylic oxidation sites excluding steroid dienone is 4. The number of aryl methyl sites for hydroxylation is 2. The summed E-state index contributed by atoms with van der Waals surface area (Å²) in [6.45, 7) is 16.0. The second-order valence-corrected chi connectivity index (χ2v) is 10.7.